The highest BCUT2D eigenvalue weighted by atomic mass is 16.1. The van der Waals surface area contributed by atoms with Gasteiger partial charge in [0.2, 0.25) is 0 Å². The Hall–Kier alpha value is -1.39. The van der Waals surface area contributed by atoms with Crippen molar-refractivity contribution in [2.75, 3.05) is 7.05 Å². The van der Waals surface area contributed by atoms with Crippen molar-refractivity contribution in [3.05, 3.63) is 11.4 Å². The zero-order valence-electron chi connectivity index (χ0n) is 7.46. The van der Waals surface area contributed by atoms with E-state index in [4.69, 9.17) is 0 Å². The number of carbonyl (C=O) groups is 1. The molecule has 0 aliphatic heterocycles. The summed E-state index contributed by atoms with van der Waals surface area (Å²) in [5, 5.41) is 10.5. The minimum Gasteiger partial charge on any atom is -0.354 e. The molecule has 1 aromatic rings. The average Bonchev–Trinajstić information content (AvgIpc) is 2.45. The van der Waals surface area contributed by atoms with Gasteiger partial charge in [0, 0.05) is 7.05 Å². The summed E-state index contributed by atoms with van der Waals surface area (Å²) >= 11 is 0. The van der Waals surface area contributed by atoms with Gasteiger partial charge >= 0.3 is 0 Å². The van der Waals surface area contributed by atoms with Crippen molar-refractivity contribution in [3.8, 4) is 0 Å². The van der Waals surface area contributed by atoms with E-state index in [2.05, 4.69) is 15.5 Å². The van der Waals surface area contributed by atoms with E-state index < -0.39 is 0 Å². The fourth-order valence-corrected chi connectivity index (χ4v) is 0.900. The molecule has 0 bridgehead atoms. The van der Waals surface area contributed by atoms with Gasteiger partial charge in [-0.15, -0.1) is 5.10 Å². The number of hydrogen-bond acceptors (Lipinski definition) is 3. The molecular formula is C7H12N4O. The maximum atomic E-state index is 11.1. The molecule has 12 heavy (non-hydrogen) atoms. The van der Waals surface area contributed by atoms with Crippen LogP contribution in [-0.4, -0.2) is 27.9 Å². The minimum absolute atomic E-state index is 0.188. The van der Waals surface area contributed by atoms with Crippen molar-refractivity contribution >= 4 is 5.91 Å². The second-order valence-corrected chi connectivity index (χ2v) is 2.40. The molecule has 5 heteroatoms. The second kappa shape index (κ2) is 3.34. The Morgan fingerprint density at radius 2 is 2.25 bits per heavy atom. The van der Waals surface area contributed by atoms with E-state index in [1.54, 1.807) is 14.0 Å². The van der Waals surface area contributed by atoms with Gasteiger partial charge in [0.1, 0.15) is 0 Å². The third-order valence-electron chi connectivity index (χ3n) is 1.55. The number of hydrogen-bond donors (Lipinski definition) is 1. The Bertz CT molecular complexity index is 292. The lowest BCUT2D eigenvalue weighted by atomic mass is 10.3. The molecule has 0 aliphatic rings. The van der Waals surface area contributed by atoms with Gasteiger partial charge in [-0.1, -0.05) is 0 Å². The molecule has 1 aromatic heterocycles. The zero-order chi connectivity index (χ0) is 9.14. The van der Waals surface area contributed by atoms with Gasteiger partial charge in [0.25, 0.3) is 5.91 Å². The van der Waals surface area contributed by atoms with Crippen LogP contribution in [0.2, 0.25) is 0 Å². The van der Waals surface area contributed by atoms with E-state index in [0.29, 0.717) is 17.9 Å². The zero-order valence-corrected chi connectivity index (χ0v) is 7.46. The van der Waals surface area contributed by atoms with E-state index in [1.165, 1.54) is 4.80 Å². The molecule has 0 saturated carbocycles. The highest BCUT2D eigenvalue weighted by Gasteiger charge is 2.12. The normalized spacial score (nSPS) is 9.92. The third-order valence-corrected chi connectivity index (χ3v) is 1.55. The average molecular weight is 168 g/mol. The molecule has 1 amide bonds. The highest BCUT2D eigenvalue weighted by Crippen LogP contribution is 1.99. The Labute approximate surface area is 70.8 Å². The molecule has 0 unspecified atom stereocenters. The predicted molar refractivity (Wildman–Crippen MR) is 43.8 cm³/mol. The topological polar surface area (TPSA) is 59.8 Å². The fourth-order valence-electron chi connectivity index (χ4n) is 0.900. The fraction of sp³-hybridized carbons (Fsp3) is 0.571. The molecule has 0 fully saturated rings. The maximum absolute atomic E-state index is 11.1. The molecule has 0 atom stereocenters. The molecule has 66 valence electrons. The Morgan fingerprint density at radius 3 is 2.67 bits per heavy atom. The molecule has 5 nitrogen and oxygen atoms in total. The summed E-state index contributed by atoms with van der Waals surface area (Å²) < 4.78 is 0. The van der Waals surface area contributed by atoms with Crippen LogP contribution in [0.25, 0.3) is 0 Å². The van der Waals surface area contributed by atoms with Crippen molar-refractivity contribution in [2.24, 2.45) is 0 Å². The van der Waals surface area contributed by atoms with Crippen LogP contribution in [0.4, 0.5) is 0 Å². The smallest absolute Gasteiger partial charge is 0.273 e. The lowest BCUT2D eigenvalue weighted by Gasteiger charge is -1.92. The van der Waals surface area contributed by atoms with Crippen LogP contribution in [0.3, 0.4) is 0 Å². The van der Waals surface area contributed by atoms with Crippen LogP contribution in [0.15, 0.2) is 0 Å². The molecule has 0 aromatic carbocycles. The number of nitrogens with one attached hydrogen (secondary N) is 1. The summed E-state index contributed by atoms with van der Waals surface area (Å²) in [6, 6.07) is 0. The predicted octanol–water partition coefficient (Wildman–Crippen LogP) is -0.0340. The van der Waals surface area contributed by atoms with Gasteiger partial charge < -0.3 is 5.32 Å². The van der Waals surface area contributed by atoms with Gasteiger partial charge in [0.05, 0.1) is 12.2 Å². The third kappa shape index (κ3) is 1.44. The first-order valence-electron chi connectivity index (χ1n) is 3.82. The van der Waals surface area contributed by atoms with Crippen molar-refractivity contribution in [3.63, 3.8) is 0 Å². The summed E-state index contributed by atoms with van der Waals surface area (Å²) in [5.74, 6) is -0.188. The van der Waals surface area contributed by atoms with Crippen molar-refractivity contribution in [1.82, 2.24) is 20.3 Å². The molecule has 0 spiro atoms. The lowest BCUT2D eigenvalue weighted by molar-refractivity contribution is 0.0957. The van der Waals surface area contributed by atoms with Crippen LogP contribution < -0.4 is 5.32 Å². The standard InChI is InChI=1S/C7H12N4O/c1-4-11-9-5(2)6(10-11)7(12)8-3/h4H2,1-3H3,(H,8,12). The largest absolute Gasteiger partial charge is 0.354 e. The molecule has 1 N–H and O–H groups in total. The summed E-state index contributed by atoms with van der Waals surface area (Å²) in [7, 11) is 1.58. The molecule has 0 radical (unpaired) electrons. The quantitative estimate of drug-likeness (QED) is 0.674. The van der Waals surface area contributed by atoms with Crippen LogP contribution in [-0.2, 0) is 6.54 Å². The van der Waals surface area contributed by atoms with Crippen molar-refractivity contribution < 1.29 is 4.79 Å². The molecule has 0 aliphatic carbocycles. The molecule has 0 saturated heterocycles. The molecular weight excluding hydrogens is 156 g/mol. The molecule has 1 rings (SSSR count). The van der Waals surface area contributed by atoms with E-state index >= 15 is 0 Å². The van der Waals surface area contributed by atoms with E-state index in [-0.39, 0.29) is 5.91 Å². The van der Waals surface area contributed by atoms with E-state index in [1.807, 2.05) is 6.92 Å². The summed E-state index contributed by atoms with van der Waals surface area (Å²) in [4.78, 5) is 12.6. The summed E-state index contributed by atoms with van der Waals surface area (Å²) in [6.45, 7) is 4.37. The van der Waals surface area contributed by atoms with Crippen LogP contribution in [0.1, 0.15) is 23.1 Å². The van der Waals surface area contributed by atoms with Crippen LogP contribution in [0.5, 0.6) is 0 Å². The number of nitrogens with zero attached hydrogens (tertiary/aromatic N) is 3. The van der Waals surface area contributed by atoms with Gasteiger partial charge in [-0.05, 0) is 13.8 Å². The van der Waals surface area contributed by atoms with Gasteiger partial charge in [-0.3, -0.25) is 4.79 Å². The SMILES string of the molecule is CCn1nc(C)c(C(=O)NC)n1. The van der Waals surface area contributed by atoms with Crippen LogP contribution in [0, 0.1) is 6.92 Å². The Kier molecular flexibility index (Phi) is 2.42. The van der Waals surface area contributed by atoms with E-state index in [9.17, 15) is 4.79 Å². The number of aromatic nitrogens is 3. The second-order valence-electron chi connectivity index (χ2n) is 2.40. The molecule has 1 heterocycles. The summed E-state index contributed by atoms with van der Waals surface area (Å²) in [6.07, 6.45) is 0. The first-order chi connectivity index (χ1) is 5.69. The van der Waals surface area contributed by atoms with Gasteiger partial charge in [-0.2, -0.15) is 9.90 Å². The maximum Gasteiger partial charge on any atom is 0.273 e. The number of rotatable bonds is 2. The number of aryl methyl sites for hydroxylation is 2. The Balaban J connectivity index is 2.99. The highest BCUT2D eigenvalue weighted by molar-refractivity contribution is 5.92. The van der Waals surface area contributed by atoms with E-state index in [0.717, 1.165) is 0 Å². The van der Waals surface area contributed by atoms with Crippen LogP contribution >= 0.6 is 0 Å². The Morgan fingerprint density at radius 1 is 1.58 bits per heavy atom. The first kappa shape index (κ1) is 8.70. The number of amides is 1. The van der Waals surface area contributed by atoms with Gasteiger partial charge in [-0.25, -0.2) is 0 Å². The first-order valence-corrected chi connectivity index (χ1v) is 3.82. The van der Waals surface area contributed by atoms with Crippen molar-refractivity contribution in [2.45, 2.75) is 20.4 Å². The van der Waals surface area contributed by atoms with Gasteiger partial charge in [0.15, 0.2) is 5.69 Å². The van der Waals surface area contributed by atoms with Crippen molar-refractivity contribution in [1.29, 1.82) is 0 Å². The summed E-state index contributed by atoms with van der Waals surface area (Å²) in [5.41, 5.74) is 1.07. The monoisotopic (exact) mass is 168 g/mol. The lowest BCUT2D eigenvalue weighted by Crippen LogP contribution is -2.19. The number of carbonyl (C=O) groups excluding carboxylic acids is 1. The minimum atomic E-state index is -0.188.